The summed E-state index contributed by atoms with van der Waals surface area (Å²) >= 11 is 0. The molecule has 1 aliphatic rings. The summed E-state index contributed by atoms with van der Waals surface area (Å²) in [6.07, 6.45) is -0.787. The van der Waals surface area contributed by atoms with E-state index in [2.05, 4.69) is 5.32 Å². The maximum Gasteiger partial charge on any atom is 0.407 e. The first-order valence-corrected chi connectivity index (χ1v) is 5.38. The van der Waals surface area contributed by atoms with Crippen LogP contribution < -0.4 is 5.32 Å². The number of cyclic esters (lactones) is 1. The van der Waals surface area contributed by atoms with Crippen LogP contribution in [-0.2, 0) is 16.0 Å². The van der Waals surface area contributed by atoms with Gasteiger partial charge in [-0.05, 0) is 12.0 Å². The van der Waals surface area contributed by atoms with E-state index in [1.165, 1.54) is 0 Å². The van der Waals surface area contributed by atoms with Gasteiger partial charge in [-0.1, -0.05) is 30.3 Å². The van der Waals surface area contributed by atoms with Gasteiger partial charge in [0.1, 0.15) is 6.10 Å². The summed E-state index contributed by atoms with van der Waals surface area (Å²) in [5, 5.41) is 11.6. The molecule has 1 amide bonds. The predicted molar refractivity (Wildman–Crippen MR) is 59.5 cm³/mol. The highest BCUT2D eigenvalue weighted by atomic mass is 16.6. The van der Waals surface area contributed by atoms with Crippen molar-refractivity contribution < 1.29 is 19.4 Å². The Morgan fingerprint density at radius 1 is 1.47 bits per heavy atom. The Bertz CT molecular complexity index is 418. The first kappa shape index (κ1) is 11.4. The van der Waals surface area contributed by atoms with Gasteiger partial charge in [-0.25, -0.2) is 4.79 Å². The van der Waals surface area contributed by atoms with E-state index >= 15 is 0 Å². The number of carboxylic acid groups (broad SMARTS) is 1. The standard InChI is InChI=1S/C12H13NO4/c14-11(15)9(10-7-13-12(16)17-10)6-8-4-2-1-3-5-8/h1-5,9-10H,6-7H2,(H,13,16)(H,14,15)/t9-,10-/m1/s1. The zero-order chi connectivity index (χ0) is 12.3. The molecule has 1 aromatic carbocycles. The summed E-state index contributed by atoms with van der Waals surface area (Å²) in [4.78, 5) is 22.1. The summed E-state index contributed by atoms with van der Waals surface area (Å²) in [7, 11) is 0. The quantitative estimate of drug-likeness (QED) is 0.817. The van der Waals surface area contributed by atoms with E-state index in [4.69, 9.17) is 9.84 Å². The number of aliphatic carboxylic acids is 1. The highest BCUT2D eigenvalue weighted by molar-refractivity contribution is 5.74. The molecular formula is C12H13NO4. The molecule has 1 aromatic rings. The minimum atomic E-state index is -0.949. The van der Waals surface area contributed by atoms with Crippen molar-refractivity contribution >= 4 is 12.1 Å². The number of hydrogen-bond acceptors (Lipinski definition) is 3. The lowest BCUT2D eigenvalue weighted by molar-refractivity contribution is -0.144. The van der Waals surface area contributed by atoms with Crippen LogP contribution in [0, 0.1) is 5.92 Å². The molecule has 1 aliphatic heterocycles. The van der Waals surface area contributed by atoms with Gasteiger partial charge in [-0.15, -0.1) is 0 Å². The van der Waals surface area contributed by atoms with Gasteiger partial charge < -0.3 is 15.2 Å². The topological polar surface area (TPSA) is 75.6 Å². The van der Waals surface area contributed by atoms with E-state index in [1.54, 1.807) is 0 Å². The van der Waals surface area contributed by atoms with Crippen LogP contribution in [-0.4, -0.2) is 29.8 Å². The van der Waals surface area contributed by atoms with E-state index in [0.29, 0.717) is 6.42 Å². The third-order valence-electron chi connectivity index (χ3n) is 2.77. The summed E-state index contributed by atoms with van der Waals surface area (Å²) in [6, 6.07) is 9.30. The minimum Gasteiger partial charge on any atom is -0.481 e. The zero-order valence-electron chi connectivity index (χ0n) is 9.13. The van der Waals surface area contributed by atoms with Crippen LogP contribution in [0.5, 0.6) is 0 Å². The van der Waals surface area contributed by atoms with Gasteiger partial charge in [0.15, 0.2) is 0 Å². The van der Waals surface area contributed by atoms with Crippen molar-refractivity contribution in [1.82, 2.24) is 5.32 Å². The summed E-state index contributed by atoms with van der Waals surface area (Å²) < 4.78 is 4.93. The molecule has 0 saturated carbocycles. The van der Waals surface area contributed by atoms with Crippen LogP contribution in [0.2, 0.25) is 0 Å². The molecule has 2 atom stereocenters. The second-order valence-electron chi connectivity index (χ2n) is 3.96. The fraction of sp³-hybridized carbons (Fsp3) is 0.333. The highest BCUT2D eigenvalue weighted by Gasteiger charge is 2.35. The molecule has 17 heavy (non-hydrogen) atoms. The third kappa shape index (κ3) is 2.75. The molecule has 90 valence electrons. The van der Waals surface area contributed by atoms with Gasteiger partial charge in [0.25, 0.3) is 0 Å². The zero-order valence-corrected chi connectivity index (χ0v) is 9.13. The average molecular weight is 235 g/mol. The van der Waals surface area contributed by atoms with Crippen LogP contribution in [0.25, 0.3) is 0 Å². The van der Waals surface area contributed by atoms with Crippen molar-refractivity contribution in [2.75, 3.05) is 6.54 Å². The normalized spacial score (nSPS) is 20.5. The fourth-order valence-electron chi connectivity index (χ4n) is 1.87. The van der Waals surface area contributed by atoms with Gasteiger partial charge >= 0.3 is 12.1 Å². The Morgan fingerprint density at radius 3 is 2.71 bits per heavy atom. The fourth-order valence-corrected chi connectivity index (χ4v) is 1.87. The summed E-state index contributed by atoms with van der Waals surface area (Å²) in [5.41, 5.74) is 0.919. The minimum absolute atomic E-state index is 0.253. The molecule has 2 rings (SSSR count). The van der Waals surface area contributed by atoms with E-state index in [1.807, 2.05) is 30.3 Å². The number of carbonyl (C=O) groups excluding carboxylic acids is 1. The van der Waals surface area contributed by atoms with Crippen LogP contribution in [0.3, 0.4) is 0 Å². The van der Waals surface area contributed by atoms with Crippen LogP contribution in [0.15, 0.2) is 30.3 Å². The number of ether oxygens (including phenoxy) is 1. The smallest absolute Gasteiger partial charge is 0.407 e. The van der Waals surface area contributed by atoms with Crippen molar-refractivity contribution in [2.45, 2.75) is 12.5 Å². The van der Waals surface area contributed by atoms with Crippen molar-refractivity contribution in [2.24, 2.45) is 5.92 Å². The van der Waals surface area contributed by atoms with Gasteiger partial charge in [0.2, 0.25) is 0 Å². The Labute approximate surface area is 98.4 Å². The number of rotatable bonds is 4. The molecule has 1 saturated heterocycles. The average Bonchev–Trinajstić information content (AvgIpc) is 2.73. The molecule has 2 N–H and O–H groups in total. The third-order valence-corrected chi connectivity index (χ3v) is 2.77. The number of amides is 1. The van der Waals surface area contributed by atoms with Gasteiger partial charge in [-0.3, -0.25) is 4.79 Å². The van der Waals surface area contributed by atoms with Crippen LogP contribution in [0.4, 0.5) is 4.79 Å². The van der Waals surface area contributed by atoms with Crippen molar-refractivity contribution in [3.63, 3.8) is 0 Å². The van der Waals surface area contributed by atoms with Crippen LogP contribution >= 0.6 is 0 Å². The van der Waals surface area contributed by atoms with Gasteiger partial charge in [0.05, 0.1) is 12.5 Å². The Kier molecular flexibility index (Phi) is 3.27. The lowest BCUT2D eigenvalue weighted by Gasteiger charge is -2.17. The predicted octanol–water partition coefficient (Wildman–Crippen LogP) is 1.04. The number of carboxylic acids is 1. The molecular weight excluding hydrogens is 222 g/mol. The molecule has 0 aromatic heterocycles. The number of alkyl carbamates (subject to hydrolysis) is 1. The summed E-state index contributed by atoms with van der Waals surface area (Å²) in [6.45, 7) is 0.253. The Hall–Kier alpha value is -2.04. The molecule has 5 nitrogen and oxygen atoms in total. The molecule has 1 heterocycles. The first-order chi connectivity index (χ1) is 8.16. The number of benzene rings is 1. The molecule has 1 fully saturated rings. The van der Waals surface area contributed by atoms with Crippen molar-refractivity contribution in [3.05, 3.63) is 35.9 Å². The van der Waals surface area contributed by atoms with Gasteiger partial charge in [0, 0.05) is 0 Å². The molecule has 0 bridgehead atoms. The Balaban J connectivity index is 2.08. The lowest BCUT2D eigenvalue weighted by Crippen LogP contribution is -2.32. The SMILES string of the molecule is O=C1NC[C@H]([C@@H](Cc2ccccc2)C(=O)O)O1. The van der Waals surface area contributed by atoms with E-state index in [9.17, 15) is 9.59 Å². The molecule has 0 unspecified atom stereocenters. The van der Waals surface area contributed by atoms with E-state index < -0.39 is 24.1 Å². The molecule has 5 heteroatoms. The summed E-state index contributed by atoms with van der Waals surface area (Å²) in [5.74, 6) is -1.66. The van der Waals surface area contributed by atoms with E-state index in [-0.39, 0.29) is 6.54 Å². The lowest BCUT2D eigenvalue weighted by atomic mass is 9.94. The maximum absolute atomic E-state index is 11.2. The maximum atomic E-state index is 11.2. The van der Waals surface area contributed by atoms with E-state index in [0.717, 1.165) is 5.56 Å². The number of hydrogen-bond donors (Lipinski definition) is 2. The highest BCUT2D eigenvalue weighted by Crippen LogP contribution is 2.18. The van der Waals surface area contributed by atoms with Gasteiger partial charge in [-0.2, -0.15) is 0 Å². The Morgan fingerprint density at radius 2 is 2.18 bits per heavy atom. The van der Waals surface area contributed by atoms with Crippen molar-refractivity contribution in [1.29, 1.82) is 0 Å². The van der Waals surface area contributed by atoms with Crippen molar-refractivity contribution in [3.8, 4) is 0 Å². The molecule has 0 spiro atoms. The largest absolute Gasteiger partial charge is 0.481 e. The second-order valence-corrected chi connectivity index (χ2v) is 3.96. The second kappa shape index (κ2) is 4.86. The molecule has 0 aliphatic carbocycles. The van der Waals surface area contributed by atoms with Crippen LogP contribution in [0.1, 0.15) is 5.56 Å². The number of nitrogens with one attached hydrogen (secondary N) is 1. The first-order valence-electron chi connectivity index (χ1n) is 5.38. The molecule has 0 radical (unpaired) electrons. The number of carbonyl (C=O) groups is 2. The monoisotopic (exact) mass is 235 g/mol.